The van der Waals surface area contributed by atoms with Crippen LogP contribution in [0.3, 0.4) is 0 Å². The molecule has 15 heavy (non-hydrogen) atoms. The minimum Gasteiger partial charge on any atom is -0.388 e. The van der Waals surface area contributed by atoms with Crippen LogP contribution in [0.1, 0.15) is 22.9 Å². The van der Waals surface area contributed by atoms with Gasteiger partial charge in [0.2, 0.25) is 0 Å². The second-order valence-electron chi connectivity index (χ2n) is 3.54. The van der Waals surface area contributed by atoms with Crippen molar-refractivity contribution in [2.75, 3.05) is 0 Å². The topological polar surface area (TPSA) is 33.1 Å². The van der Waals surface area contributed by atoms with E-state index in [1.165, 1.54) is 0 Å². The summed E-state index contributed by atoms with van der Waals surface area (Å²) < 4.78 is 0. The first-order valence-electron chi connectivity index (χ1n) is 4.88. The monoisotopic (exact) mass is 219 g/mol. The van der Waals surface area contributed by atoms with Gasteiger partial charge < -0.3 is 5.11 Å². The van der Waals surface area contributed by atoms with Crippen LogP contribution in [0.25, 0.3) is 0 Å². The number of aryl methyl sites for hydroxylation is 1. The molecular formula is C12H13NOS. The molecule has 0 aliphatic carbocycles. The second kappa shape index (κ2) is 4.55. The van der Waals surface area contributed by atoms with Crippen LogP contribution in [0.5, 0.6) is 0 Å². The summed E-state index contributed by atoms with van der Waals surface area (Å²) in [7, 11) is 0. The Morgan fingerprint density at radius 1 is 1.47 bits per heavy atom. The Hall–Kier alpha value is -1.19. The third-order valence-electron chi connectivity index (χ3n) is 2.43. The maximum atomic E-state index is 9.95. The zero-order chi connectivity index (χ0) is 10.7. The summed E-state index contributed by atoms with van der Waals surface area (Å²) >= 11 is 1.60. The second-order valence-corrected chi connectivity index (χ2v) is 4.32. The first-order chi connectivity index (χ1) is 7.27. The average molecular weight is 219 g/mol. The molecule has 2 rings (SSSR count). The standard InChI is InChI=1S/C12H13NOS/c1-9-3-2-5-13-11(9)7-12(14)10-4-6-15-8-10/h2-6,8,12,14H,7H2,1H3. The minimum atomic E-state index is -0.440. The molecule has 3 heteroatoms. The van der Waals surface area contributed by atoms with Gasteiger partial charge in [-0.2, -0.15) is 11.3 Å². The van der Waals surface area contributed by atoms with E-state index in [1.807, 2.05) is 35.9 Å². The lowest BCUT2D eigenvalue weighted by atomic mass is 10.1. The van der Waals surface area contributed by atoms with Crippen LogP contribution in [0, 0.1) is 6.92 Å². The van der Waals surface area contributed by atoms with Crippen molar-refractivity contribution in [3.8, 4) is 0 Å². The van der Waals surface area contributed by atoms with Crippen molar-refractivity contribution < 1.29 is 5.11 Å². The minimum absolute atomic E-state index is 0.440. The van der Waals surface area contributed by atoms with Crippen LogP contribution in [-0.2, 0) is 6.42 Å². The van der Waals surface area contributed by atoms with E-state index in [-0.39, 0.29) is 0 Å². The summed E-state index contributed by atoms with van der Waals surface area (Å²) in [4.78, 5) is 4.27. The Bertz CT molecular complexity index is 425. The highest BCUT2D eigenvalue weighted by Crippen LogP contribution is 2.20. The zero-order valence-electron chi connectivity index (χ0n) is 8.55. The molecule has 0 amide bonds. The number of hydrogen-bond donors (Lipinski definition) is 1. The van der Waals surface area contributed by atoms with Crippen molar-refractivity contribution in [2.45, 2.75) is 19.4 Å². The van der Waals surface area contributed by atoms with E-state index in [0.29, 0.717) is 6.42 Å². The van der Waals surface area contributed by atoms with Crippen molar-refractivity contribution in [1.29, 1.82) is 0 Å². The molecule has 1 unspecified atom stereocenters. The Morgan fingerprint density at radius 3 is 3.00 bits per heavy atom. The molecule has 0 saturated heterocycles. The molecule has 2 aromatic rings. The van der Waals surface area contributed by atoms with Gasteiger partial charge in [-0.05, 0) is 40.9 Å². The van der Waals surface area contributed by atoms with Crippen LogP contribution in [0.15, 0.2) is 35.2 Å². The number of nitrogens with zero attached hydrogens (tertiary/aromatic N) is 1. The molecule has 0 spiro atoms. The molecule has 0 aliphatic heterocycles. The fraction of sp³-hybridized carbons (Fsp3) is 0.250. The predicted octanol–water partition coefficient (Wildman–Crippen LogP) is 2.73. The number of rotatable bonds is 3. The molecule has 0 bridgehead atoms. The Kier molecular flexibility index (Phi) is 3.14. The summed E-state index contributed by atoms with van der Waals surface area (Å²) in [5, 5.41) is 13.9. The number of hydrogen-bond acceptors (Lipinski definition) is 3. The van der Waals surface area contributed by atoms with Crippen molar-refractivity contribution in [1.82, 2.24) is 4.98 Å². The van der Waals surface area contributed by atoms with E-state index in [9.17, 15) is 5.11 Å². The summed E-state index contributed by atoms with van der Waals surface area (Å²) in [6.45, 7) is 2.02. The van der Waals surface area contributed by atoms with Gasteiger partial charge >= 0.3 is 0 Å². The summed E-state index contributed by atoms with van der Waals surface area (Å²) in [5.74, 6) is 0. The van der Waals surface area contributed by atoms with Gasteiger partial charge in [0, 0.05) is 18.3 Å². The fourth-order valence-electron chi connectivity index (χ4n) is 1.50. The fourth-order valence-corrected chi connectivity index (χ4v) is 2.20. The van der Waals surface area contributed by atoms with Gasteiger partial charge in [-0.1, -0.05) is 6.07 Å². The highest BCUT2D eigenvalue weighted by atomic mass is 32.1. The van der Waals surface area contributed by atoms with E-state index in [2.05, 4.69) is 4.98 Å². The molecule has 2 aromatic heterocycles. The van der Waals surface area contributed by atoms with Crippen molar-refractivity contribution >= 4 is 11.3 Å². The molecule has 78 valence electrons. The first-order valence-corrected chi connectivity index (χ1v) is 5.82. The summed E-state index contributed by atoms with van der Waals surface area (Å²) in [6.07, 6.45) is 1.91. The normalized spacial score (nSPS) is 12.7. The van der Waals surface area contributed by atoms with Crippen LogP contribution in [-0.4, -0.2) is 10.1 Å². The molecule has 2 heterocycles. The van der Waals surface area contributed by atoms with Crippen LogP contribution >= 0.6 is 11.3 Å². The number of aromatic nitrogens is 1. The zero-order valence-corrected chi connectivity index (χ0v) is 9.37. The van der Waals surface area contributed by atoms with Gasteiger partial charge in [0.05, 0.1) is 6.10 Å². The Morgan fingerprint density at radius 2 is 2.33 bits per heavy atom. The van der Waals surface area contributed by atoms with Gasteiger partial charge in [0.15, 0.2) is 0 Å². The SMILES string of the molecule is Cc1cccnc1CC(O)c1ccsc1. The predicted molar refractivity (Wildman–Crippen MR) is 62.0 cm³/mol. The van der Waals surface area contributed by atoms with Gasteiger partial charge in [-0.15, -0.1) is 0 Å². The van der Waals surface area contributed by atoms with Crippen LogP contribution in [0.4, 0.5) is 0 Å². The Balaban J connectivity index is 2.13. The maximum absolute atomic E-state index is 9.95. The lowest BCUT2D eigenvalue weighted by Gasteiger charge is -2.09. The molecular weight excluding hydrogens is 206 g/mol. The molecule has 1 atom stereocenters. The van der Waals surface area contributed by atoms with E-state index < -0.39 is 6.10 Å². The van der Waals surface area contributed by atoms with Crippen LogP contribution in [0.2, 0.25) is 0 Å². The van der Waals surface area contributed by atoms with Crippen molar-refractivity contribution in [2.24, 2.45) is 0 Å². The van der Waals surface area contributed by atoms with Crippen LogP contribution < -0.4 is 0 Å². The first kappa shape index (κ1) is 10.3. The lowest BCUT2D eigenvalue weighted by Crippen LogP contribution is -2.03. The van der Waals surface area contributed by atoms with E-state index in [1.54, 1.807) is 17.5 Å². The molecule has 0 radical (unpaired) electrons. The smallest absolute Gasteiger partial charge is 0.0853 e. The molecule has 2 nitrogen and oxygen atoms in total. The number of thiophene rings is 1. The molecule has 0 fully saturated rings. The molecule has 1 N–H and O–H groups in total. The molecule has 0 aliphatic rings. The number of pyridine rings is 1. The number of aliphatic hydroxyl groups excluding tert-OH is 1. The van der Waals surface area contributed by atoms with Gasteiger partial charge in [0.1, 0.15) is 0 Å². The highest BCUT2D eigenvalue weighted by molar-refractivity contribution is 7.07. The quantitative estimate of drug-likeness (QED) is 0.861. The van der Waals surface area contributed by atoms with Gasteiger partial charge in [-0.25, -0.2) is 0 Å². The lowest BCUT2D eigenvalue weighted by molar-refractivity contribution is 0.177. The molecule has 0 aromatic carbocycles. The highest BCUT2D eigenvalue weighted by Gasteiger charge is 2.10. The Labute approximate surface area is 93.2 Å². The maximum Gasteiger partial charge on any atom is 0.0853 e. The summed E-state index contributed by atoms with van der Waals surface area (Å²) in [5.41, 5.74) is 3.08. The van der Waals surface area contributed by atoms with Crippen molar-refractivity contribution in [3.05, 3.63) is 52.0 Å². The third kappa shape index (κ3) is 2.43. The third-order valence-corrected chi connectivity index (χ3v) is 3.13. The van der Waals surface area contributed by atoms with E-state index >= 15 is 0 Å². The van der Waals surface area contributed by atoms with E-state index in [0.717, 1.165) is 16.8 Å². The average Bonchev–Trinajstić information content (AvgIpc) is 2.74. The largest absolute Gasteiger partial charge is 0.388 e. The molecule has 0 saturated carbocycles. The van der Waals surface area contributed by atoms with E-state index in [4.69, 9.17) is 0 Å². The van der Waals surface area contributed by atoms with Crippen molar-refractivity contribution in [3.63, 3.8) is 0 Å². The van der Waals surface area contributed by atoms with Gasteiger partial charge in [0.25, 0.3) is 0 Å². The number of aliphatic hydroxyl groups is 1. The van der Waals surface area contributed by atoms with Gasteiger partial charge in [-0.3, -0.25) is 4.98 Å². The summed E-state index contributed by atoms with van der Waals surface area (Å²) in [6, 6.07) is 5.88.